The van der Waals surface area contributed by atoms with Gasteiger partial charge < -0.3 is 0 Å². The van der Waals surface area contributed by atoms with Gasteiger partial charge in [-0.1, -0.05) is 36.0 Å². The first kappa shape index (κ1) is 41.3. The second-order valence-corrected chi connectivity index (χ2v) is 15.8. The van der Waals surface area contributed by atoms with Crippen molar-refractivity contribution >= 4 is 35.5 Å². The number of hydrogen-bond acceptors (Lipinski definition) is 0. The van der Waals surface area contributed by atoms with E-state index in [2.05, 4.69) is 0 Å². The van der Waals surface area contributed by atoms with Crippen LogP contribution >= 0.6 is 0 Å². The van der Waals surface area contributed by atoms with E-state index in [0.717, 1.165) is 0 Å². The van der Waals surface area contributed by atoms with Gasteiger partial charge in [-0.15, -0.1) is 10.9 Å². The molecule has 0 aliphatic carbocycles. The second-order valence-electron chi connectivity index (χ2n) is 15.8. The Bertz CT molecular complexity index is 2120. The monoisotopic (exact) mass is 807 g/mol. The summed E-state index contributed by atoms with van der Waals surface area (Å²) < 4.78 is 233. The number of halogens is 15. The standard InChI is InChI=1S/C38H30B2F15N/c1-37(2)11-8-12-38(3,4)56(37)17-14-16(13-15-9-6-5-7-10-15)39(18-21(41)27(47)33(53)28(48)22(18)42)36(17)40(19-23(43)29(49)34(54)30(50)24(19)44)20-25(45)31(51)35(55)32(52)26(20)46/h5-7,9-10,16,36,40H,8,11-14H2,1-4H3/t16-,36-/m0/s1. The van der Waals surface area contributed by atoms with Gasteiger partial charge in [0, 0.05) is 19.3 Å². The molecule has 0 radical (unpaired) electrons. The molecule has 0 amide bonds. The molecular weight excluding hydrogens is 777 g/mol. The van der Waals surface area contributed by atoms with Crippen LogP contribution in [0.4, 0.5) is 65.9 Å². The summed E-state index contributed by atoms with van der Waals surface area (Å²) in [7, 11) is 0. The minimum Gasteiger partial charge on any atom is -0.231 e. The minimum atomic E-state index is -4.64. The highest BCUT2D eigenvalue weighted by Crippen LogP contribution is 2.46. The van der Waals surface area contributed by atoms with E-state index in [1.807, 2.05) is 0 Å². The van der Waals surface area contributed by atoms with Crippen molar-refractivity contribution in [3.05, 3.63) is 123 Å². The average molecular weight is 807 g/mol. The predicted octanol–water partition coefficient (Wildman–Crippen LogP) is 8.64. The molecule has 1 nitrogen and oxygen atoms in total. The van der Waals surface area contributed by atoms with Crippen LogP contribution in [0.1, 0.15) is 58.9 Å². The maximum Gasteiger partial charge on any atom is 0.200 e. The Morgan fingerprint density at radius 2 is 0.893 bits per heavy atom. The number of nitrogens with zero attached hydrogens (tertiary/aromatic N) is 1. The summed E-state index contributed by atoms with van der Waals surface area (Å²) in [4.78, 5) is 0. The summed E-state index contributed by atoms with van der Waals surface area (Å²) in [6, 6.07) is 7.54. The van der Waals surface area contributed by atoms with Gasteiger partial charge in [0.15, 0.2) is 81.8 Å². The summed E-state index contributed by atoms with van der Waals surface area (Å²) in [5.74, 6) is -41.6. The van der Waals surface area contributed by atoms with E-state index in [0.29, 0.717) is 12.0 Å². The van der Waals surface area contributed by atoms with Crippen molar-refractivity contribution in [2.45, 2.75) is 82.4 Å². The predicted molar refractivity (Wildman–Crippen MR) is 180 cm³/mol. The lowest BCUT2D eigenvalue weighted by Gasteiger charge is -2.43. The molecule has 0 saturated carbocycles. The van der Waals surface area contributed by atoms with Crippen molar-refractivity contribution in [2.75, 3.05) is 0 Å². The van der Waals surface area contributed by atoms with Crippen molar-refractivity contribution in [3.63, 3.8) is 0 Å². The van der Waals surface area contributed by atoms with Crippen LogP contribution in [-0.4, -0.2) is 34.8 Å². The Labute approximate surface area is 311 Å². The van der Waals surface area contributed by atoms with E-state index >= 15 is 52.7 Å². The zero-order valence-corrected chi connectivity index (χ0v) is 30.0. The van der Waals surface area contributed by atoms with Crippen LogP contribution in [0.5, 0.6) is 0 Å². The Balaban J connectivity index is 1.90. The zero-order chi connectivity index (χ0) is 41.5. The molecule has 0 unspecified atom stereocenters. The molecule has 56 heavy (non-hydrogen) atoms. The summed E-state index contributed by atoms with van der Waals surface area (Å²) in [5.41, 5.74) is -10.5. The highest BCUT2D eigenvalue weighted by atomic mass is 19.2. The van der Waals surface area contributed by atoms with E-state index in [9.17, 15) is 13.2 Å². The van der Waals surface area contributed by atoms with Crippen molar-refractivity contribution in [2.24, 2.45) is 0 Å². The van der Waals surface area contributed by atoms with Gasteiger partial charge in [0.1, 0.15) is 29.0 Å². The third-order valence-corrected chi connectivity index (χ3v) is 11.6. The number of rotatable bonds is 6. The molecule has 0 aromatic heterocycles. The highest BCUT2D eigenvalue weighted by molar-refractivity contribution is 7.03. The topological polar surface area (TPSA) is 3.01 Å². The zero-order valence-electron chi connectivity index (χ0n) is 30.0. The molecule has 2 heterocycles. The summed E-state index contributed by atoms with van der Waals surface area (Å²) >= 11 is 0. The van der Waals surface area contributed by atoms with E-state index in [1.54, 1.807) is 33.8 Å². The van der Waals surface area contributed by atoms with Crippen molar-refractivity contribution in [1.29, 1.82) is 0 Å². The summed E-state index contributed by atoms with van der Waals surface area (Å²) in [6.07, 6.45) is 0.183. The van der Waals surface area contributed by atoms with Crippen LogP contribution in [0, 0.1) is 87.3 Å². The lowest BCUT2D eigenvalue weighted by atomic mass is 9.15. The van der Waals surface area contributed by atoms with Gasteiger partial charge in [0.25, 0.3) is 0 Å². The fourth-order valence-corrected chi connectivity index (χ4v) is 9.66. The van der Waals surface area contributed by atoms with E-state index in [-0.39, 0.29) is 25.0 Å². The molecule has 4 aromatic rings. The van der Waals surface area contributed by atoms with Crippen molar-refractivity contribution < 1.29 is 70.4 Å². The summed E-state index contributed by atoms with van der Waals surface area (Å²) in [6.45, 7) is -0.504. The smallest absolute Gasteiger partial charge is 0.200 e. The Morgan fingerprint density at radius 3 is 1.29 bits per heavy atom. The van der Waals surface area contributed by atoms with Gasteiger partial charge in [-0.2, -0.15) is 0 Å². The molecule has 0 spiro atoms. The Hall–Kier alpha value is -4.37. The van der Waals surface area contributed by atoms with Gasteiger partial charge in [-0.05, 0) is 57.4 Å². The summed E-state index contributed by atoms with van der Waals surface area (Å²) in [5, 5.41) is 0. The number of piperidine rings is 1. The van der Waals surface area contributed by atoms with Crippen molar-refractivity contribution in [1.82, 2.24) is 0 Å². The molecule has 2 aliphatic heterocycles. The fourth-order valence-electron chi connectivity index (χ4n) is 9.66. The van der Waals surface area contributed by atoms with E-state index < -0.39 is 146 Å². The molecule has 18 heteroatoms. The van der Waals surface area contributed by atoms with E-state index in [4.69, 9.17) is 0 Å². The SMILES string of the molecule is CC1(C)CCCC(C)(C)[N+]1=C1C[C@H](Cc2ccccc2)B(c2c(F)c(F)c(F)c(F)c2F)[C@H]1[BH-](c1c(F)c(F)c(F)c(F)c1F)c1c(F)c(F)c(F)c(F)c1F. The van der Waals surface area contributed by atoms with Gasteiger partial charge in [0.2, 0.25) is 0 Å². The van der Waals surface area contributed by atoms with Gasteiger partial charge >= 0.3 is 0 Å². The Kier molecular flexibility index (Phi) is 10.7. The molecular formula is C38H30B2F15N. The molecule has 2 aliphatic rings. The maximum absolute atomic E-state index is 16.2. The molecule has 2 atom stereocenters. The van der Waals surface area contributed by atoms with Crippen LogP contribution in [-0.2, 0) is 6.42 Å². The molecule has 2 saturated heterocycles. The van der Waals surface area contributed by atoms with Crippen LogP contribution < -0.4 is 16.4 Å². The van der Waals surface area contributed by atoms with Gasteiger partial charge in [-0.3, -0.25) is 0 Å². The highest BCUT2D eigenvalue weighted by Gasteiger charge is 2.57. The van der Waals surface area contributed by atoms with E-state index in [1.165, 1.54) is 28.8 Å². The van der Waals surface area contributed by atoms with Crippen LogP contribution in [0.25, 0.3) is 0 Å². The lowest BCUT2D eigenvalue weighted by Crippen LogP contribution is -2.62. The van der Waals surface area contributed by atoms with Gasteiger partial charge in [0.05, 0.1) is 6.71 Å². The van der Waals surface area contributed by atoms with Crippen LogP contribution in [0.3, 0.4) is 0 Å². The number of hydrogen-bond donors (Lipinski definition) is 0. The lowest BCUT2D eigenvalue weighted by molar-refractivity contribution is -0.676. The molecule has 2 fully saturated rings. The fraction of sp³-hybridized carbons (Fsp3) is 0.342. The first-order valence-electron chi connectivity index (χ1n) is 17.5. The van der Waals surface area contributed by atoms with Crippen molar-refractivity contribution in [3.8, 4) is 0 Å². The third kappa shape index (κ3) is 6.38. The first-order chi connectivity index (χ1) is 26.1. The molecule has 6 rings (SSSR count). The second kappa shape index (κ2) is 14.5. The molecule has 298 valence electrons. The minimum absolute atomic E-state index is 0.262. The molecule has 0 bridgehead atoms. The quantitative estimate of drug-likeness (QED) is 0.0604. The van der Waals surface area contributed by atoms with Crippen LogP contribution in [0.15, 0.2) is 30.3 Å². The Morgan fingerprint density at radius 1 is 0.536 bits per heavy atom. The molecule has 0 N–H and O–H groups in total. The van der Waals surface area contributed by atoms with Crippen LogP contribution in [0.2, 0.25) is 11.5 Å². The normalized spacial score (nSPS) is 19.5. The first-order valence-corrected chi connectivity index (χ1v) is 17.5. The maximum atomic E-state index is 16.2. The van der Waals surface area contributed by atoms with Gasteiger partial charge in [-0.25, -0.2) is 70.4 Å². The average Bonchev–Trinajstić information content (AvgIpc) is 3.48. The number of benzene rings is 4. The molecule has 4 aromatic carbocycles. The largest absolute Gasteiger partial charge is 0.231 e. The third-order valence-electron chi connectivity index (χ3n) is 11.6.